The molecule has 2 N–H and O–H groups in total. The molecule has 29 heavy (non-hydrogen) atoms. The van der Waals surface area contributed by atoms with Gasteiger partial charge in [0, 0.05) is 12.1 Å². The fourth-order valence-electron chi connectivity index (χ4n) is 2.86. The van der Waals surface area contributed by atoms with Crippen LogP contribution in [0, 0.1) is 0 Å². The van der Waals surface area contributed by atoms with Gasteiger partial charge in [-0.25, -0.2) is 8.42 Å². The molecule has 0 fully saturated rings. The summed E-state index contributed by atoms with van der Waals surface area (Å²) in [7, 11) is -3.78. The van der Waals surface area contributed by atoms with Crippen molar-refractivity contribution in [2.24, 2.45) is 0 Å². The lowest BCUT2D eigenvalue weighted by Crippen LogP contribution is -2.27. The van der Waals surface area contributed by atoms with Gasteiger partial charge in [-0.3, -0.25) is 9.59 Å². The quantitative estimate of drug-likeness (QED) is 0.715. The molecule has 0 spiro atoms. The SMILES string of the molecule is CCOc1ccc(NC(=O)C[C@@H](C)S(=O)(=O)c2ccc3c(c2)NC(=O)CO3)cc1. The molecule has 2 aromatic carbocycles. The van der Waals surface area contributed by atoms with Crippen molar-refractivity contribution in [3.63, 3.8) is 0 Å². The Bertz CT molecular complexity index is 1020. The number of carbonyl (C=O) groups excluding carboxylic acids is 2. The molecule has 0 radical (unpaired) electrons. The summed E-state index contributed by atoms with van der Waals surface area (Å²) < 4.78 is 36.3. The summed E-state index contributed by atoms with van der Waals surface area (Å²) in [4.78, 5) is 23.8. The maximum atomic E-state index is 12.9. The summed E-state index contributed by atoms with van der Waals surface area (Å²) in [5, 5.41) is 4.31. The van der Waals surface area contributed by atoms with E-state index in [1.54, 1.807) is 24.3 Å². The fourth-order valence-corrected chi connectivity index (χ4v) is 4.23. The van der Waals surface area contributed by atoms with Gasteiger partial charge in [0.2, 0.25) is 5.91 Å². The van der Waals surface area contributed by atoms with Crippen LogP contribution in [0.1, 0.15) is 20.3 Å². The molecule has 9 heteroatoms. The number of ether oxygens (including phenoxy) is 2. The largest absolute Gasteiger partial charge is 0.494 e. The van der Waals surface area contributed by atoms with Gasteiger partial charge in [0.25, 0.3) is 5.91 Å². The van der Waals surface area contributed by atoms with Gasteiger partial charge in [0.15, 0.2) is 16.4 Å². The van der Waals surface area contributed by atoms with Crippen molar-refractivity contribution in [2.45, 2.75) is 30.4 Å². The number of hydrogen-bond donors (Lipinski definition) is 2. The molecule has 2 aromatic rings. The number of fused-ring (bicyclic) bond motifs is 1. The molecule has 1 heterocycles. The van der Waals surface area contributed by atoms with Gasteiger partial charge < -0.3 is 20.1 Å². The molecule has 1 aliphatic rings. The molecule has 1 aliphatic heterocycles. The van der Waals surface area contributed by atoms with E-state index in [0.717, 1.165) is 0 Å². The predicted molar refractivity (Wildman–Crippen MR) is 108 cm³/mol. The lowest BCUT2D eigenvalue weighted by atomic mass is 10.2. The molecular weight excluding hydrogens is 396 g/mol. The second kappa shape index (κ2) is 8.52. The molecule has 0 bridgehead atoms. The van der Waals surface area contributed by atoms with E-state index >= 15 is 0 Å². The van der Waals surface area contributed by atoms with E-state index in [2.05, 4.69) is 10.6 Å². The molecule has 0 unspecified atom stereocenters. The summed E-state index contributed by atoms with van der Waals surface area (Å²) in [5.74, 6) is 0.323. The van der Waals surface area contributed by atoms with Crippen LogP contribution in [-0.4, -0.2) is 38.7 Å². The van der Waals surface area contributed by atoms with Gasteiger partial charge in [-0.15, -0.1) is 0 Å². The number of nitrogens with one attached hydrogen (secondary N) is 2. The number of anilines is 2. The third kappa shape index (κ3) is 4.86. The van der Waals surface area contributed by atoms with E-state index in [9.17, 15) is 18.0 Å². The zero-order valence-electron chi connectivity index (χ0n) is 16.1. The van der Waals surface area contributed by atoms with Crippen molar-refractivity contribution in [3.8, 4) is 11.5 Å². The Kier molecular flexibility index (Phi) is 6.07. The van der Waals surface area contributed by atoms with Crippen molar-refractivity contribution >= 4 is 33.0 Å². The molecular formula is C20H22N2O6S. The summed E-state index contributed by atoms with van der Waals surface area (Å²) >= 11 is 0. The zero-order chi connectivity index (χ0) is 21.0. The minimum Gasteiger partial charge on any atom is -0.494 e. The fraction of sp³-hybridized carbons (Fsp3) is 0.300. The monoisotopic (exact) mass is 418 g/mol. The number of sulfone groups is 1. The van der Waals surface area contributed by atoms with Crippen LogP contribution in [-0.2, 0) is 19.4 Å². The lowest BCUT2D eigenvalue weighted by Gasteiger charge is -2.19. The third-order valence-electron chi connectivity index (χ3n) is 4.36. The number of hydrogen-bond acceptors (Lipinski definition) is 6. The third-order valence-corrected chi connectivity index (χ3v) is 6.50. The Hall–Kier alpha value is -3.07. The molecule has 0 aromatic heterocycles. The molecule has 0 saturated heterocycles. The van der Waals surface area contributed by atoms with Crippen LogP contribution in [0.3, 0.4) is 0 Å². The molecule has 2 amide bonds. The number of benzene rings is 2. The predicted octanol–water partition coefficient (Wildman–Crippen LogP) is 2.61. The second-order valence-corrected chi connectivity index (χ2v) is 8.93. The van der Waals surface area contributed by atoms with Crippen molar-refractivity contribution in [2.75, 3.05) is 23.8 Å². The Morgan fingerprint density at radius 1 is 1.24 bits per heavy atom. The summed E-state index contributed by atoms with van der Waals surface area (Å²) in [5.41, 5.74) is 0.852. The molecule has 0 saturated carbocycles. The van der Waals surface area contributed by atoms with Gasteiger partial charge >= 0.3 is 0 Å². The van der Waals surface area contributed by atoms with Crippen LogP contribution in [0.25, 0.3) is 0 Å². The maximum Gasteiger partial charge on any atom is 0.262 e. The van der Waals surface area contributed by atoms with Crippen LogP contribution < -0.4 is 20.1 Å². The highest BCUT2D eigenvalue weighted by atomic mass is 32.2. The van der Waals surface area contributed by atoms with Crippen LogP contribution >= 0.6 is 0 Å². The Balaban J connectivity index is 1.67. The van der Waals surface area contributed by atoms with Gasteiger partial charge in [-0.1, -0.05) is 0 Å². The van der Waals surface area contributed by atoms with Gasteiger partial charge in [-0.2, -0.15) is 0 Å². The van der Waals surface area contributed by atoms with Crippen molar-refractivity contribution in [3.05, 3.63) is 42.5 Å². The smallest absolute Gasteiger partial charge is 0.262 e. The maximum absolute atomic E-state index is 12.9. The zero-order valence-corrected chi connectivity index (χ0v) is 16.9. The molecule has 8 nitrogen and oxygen atoms in total. The topological polar surface area (TPSA) is 111 Å². The van der Waals surface area contributed by atoms with Crippen LogP contribution in [0.15, 0.2) is 47.4 Å². The number of carbonyl (C=O) groups is 2. The Morgan fingerprint density at radius 2 is 1.97 bits per heavy atom. The minimum atomic E-state index is -3.78. The molecule has 3 rings (SSSR count). The average molecular weight is 418 g/mol. The van der Waals surface area contributed by atoms with Crippen LogP contribution in [0.5, 0.6) is 11.5 Å². The first kappa shape index (κ1) is 20.7. The highest BCUT2D eigenvalue weighted by molar-refractivity contribution is 7.92. The molecule has 0 aliphatic carbocycles. The number of amides is 2. The summed E-state index contributed by atoms with van der Waals surface area (Å²) in [6.07, 6.45) is -0.213. The summed E-state index contributed by atoms with van der Waals surface area (Å²) in [6.45, 7) is 3.78. The highest BCUT2D eigenvalue weighted by Crippen LogP contribution is 2.31. The Labute approximate surface area is 169 Å². The minimum absolute atomic E-state index is 0.0171. The normalized spacial score (nSPS) is 14.2. The average Bonchev–Trinajstić information content (AvgIpc) is 2.69. The number of rotatable bonds is 7. The highest BCUT2D eigenvalue weighted by Gasteiger charge is 2.27. The van der Waals surface area contributed by atoms with Crippen LogP contribution in [0.4, 0.5) is 11.4 Å². The van der Waals surface area contributed by atoms with E-state index in [0.29, 0.717) is 29.5 Å². The first-order chi connectivity index (χ1) is 13.8. The van der Waals surface area contributed by atoms with Crippen molar-refractivity contribution in [1.82, 2.24) is 0 Å². The lowest BCUT2D eigenvalue weighted by molar-refractivity contribution is -0.118. The van der Waals surface area contributed by atoms with Gasteiger partial charge in [0.1, 0.15) is 11.5 Å². The van der Waals surface area contributed by atoms with Gasteiger partial charge in [-0.05, 0) is 56.3 Å². The first-order valence-electron chi connectivity index (χ1n) is 9.13. The van der Waals surface area contributed by atoms with Crippen molar-refractivity contribution in [1.29, 1.82) is 0 Å². The van der Waals surface area contributed by atoms with E-state index in [1.165, 1.54) is 25.1 Å². The second-order valence-electron chi connectivity index (χ2n) is 6.56. The Morgan fingerprint density at radius 3 is 2.66 bits per heavy atom. The van der Waals surface area contributed by atoms with Crippen molar-refractivity contribution < 1.29 is 27.5 Å². The van der Waals surface area contributed by atoms with E-state index in [1.807, 2.05) is 6.92 Å². The van der Waals surface area contributed by atoms with Gasteiger partial charge in [0.05, 0.1) is 22.4 Å². The van der Waals surface area contributed by atoms with E-state index in [4.69, 9.17) is 9.47 Å². The van der Waals surface area contributed by atoms with E-state index in [-0.39, 0.29) is 23.8 Å². The summed E-state index contributed by atoms with van der Waals surface area (Å²) in [6, 6.07) is 11.1. The van der Waals surface area contributed by atoms with Crippen LogP contribution in [0.2, 0.25) is 0 Å². The molecule has 154 valence electrons. The standard InChI is InChI=1S/C20H22N2O6S/c1-3-27-15-6-4-14(5-7-15)21-19(23)10-13(2)29(25,26)16-8-9-18-17(11-16)22-20(24)12-28-18/h4-9,11,13H,3,10,12H2,1-2H3,(H,21,23)(H,22,24)/t13-/m1/s1. The molecule has 1 atom stereocenters. The van der Waals surface area contributed by atoms with E-state index < -0.39 is 21.0 Å². The first-order valence-corrected chi connectivity index (χ1v) is 10.7.